The van der Waals surface area contributed by atoms with E-state index < -0.39 is 0 Å². The predicted octanol–water partition coefficient (Wildman–Crippen LogP) is 1.50. The Hall–Kier alpha value is -2.04. The summed E-state index contributed by atoms with van der Waals surface area (Å²) >= 11 is 0. The van der Waals surface area contributed by atoms with E-state index in [1.54, 1.807) is 0 Å². The van der Waals surface area contributed by atoms with E-state index in [9.17, 15) is 4.79 Å². The summed E-state index contributed by atoms with van der Waals surface area (Å²) in [6.45, 7) is 3.14. The molecule has 0 aliphatic heterocycles. The van der Waals surface area contributed by atoms with Gasteiger partial charge in [0.05, 0.1) is 6.54 Å². The van der Waals surface area contributed by atoms with Crippen LogP contribution in [0.3, 0.4) is 0 Å². The van der Waals surface area contributed by atoms with E-state index in [4.69, 9.17) is 5.73 Å². The zero-order valence-electron chi connectivity index (χ0n) is 11.9. The lowest BCUT2D eigenvalue weighted by Gasteiger charge is -2.07. The van der Waals surface area contributed by atoms with Crippen molar-refractivity contribution in [3.63, 3.8) is 0 Å². The smallest absolute Gasteiger partial charge is 0.223 e. The maximum absolute atomic E-state index is 11.4. The molecule has 4 N–H and O–H groups in total. The van der Waals surface area contributed by atoms with E-state index in [2.05, 4.69) is 34.7 Å². The van der Waals surface area contributed by atoms with Crippen molar-refractivity contribution >= 4 is 17.6 Å². The van der Waals surface area contributed by atoms with Gasteiger partial charge in [-0.3, -0.25) is 9.79 Å². The van der Waals surface area contributed by atoms with E-state index in [0.717, 1.165) is 24.9 Å². The van der Waals surface area contributed by atoms with Crippen LogP contribution in [0.15, 0.2) is 29.3 Å². The van der Waals surface area contributed by atoms with Gasteiger partial charge in [-0.25, -0.2) is 0 Å². The Morgan fingerprint density at radius 2 is 2.05 bits per heavy atom. The molecular formula is C15H22N4O. The second kappa shape index (κ2) is 6.93. The van der Waals surface area contributed by atoms with Crippen molar-refractivity contribution in [2.75, 3.05) is 18.4 Å². The number of anilines is 1. The van der Waals surface area contributed by atoms with Gasteiger partial charge in [-0.2, -0.15) is 0 Å². The third-order valence-corrected chi connectivity index (χ3v) is 3.28. The molecule has 0 spiro atoms. The lowest BCUT2D eigenvalue weighted by Crippen LogP contribution is -2.29. The van der Waals surface area contributed by atoms with Crippen molar-refractivity contribution in [1.82, 2.24) is 5.32 Å². The fourth-order valence-electron chi connectivity index (χ4n) is 1.86. The maximum atomic E-state index is 11.4. The topological polar surface area (TPSA) is 79.5 Å². The Labute approximate surface area is 119 Å². The fraction of sp³-hybridized carbons (Fsp3) is 0.467. The Morgan fingerprint density at radius 1 is 1.35 bits per heavy atom. The van der Waals surface area contributed by atoms with E-state index in [-0.39, 0.29) is 11.8 Å². The van der Waals surface area contributed by atoms with E-state index >= 15 is 0 Å². The summed E-state index contributed by atoms with van der Waals surface area (Å²) in [5.41, 5.74) is 8.00. The molecule has 0 bridgehead atoms. The summed E-state index contributed by atoms with van der Waals surface area (Å²) in [5.74, 6) is 0.753. The molecular weight excluding hydrogens is 252 g/mol. The molecule has 0 aromatic heterocycles. The summed E-state index contributed by atoms with van der Waals surface area (Å²) in [7, 11) is 0. The van der Waals surface area contributed by atoms with Crippen molar-refractivity contribution < 1.29 is 4.79 Å². The normalized spacial score (nSPS) is 14.9. The number of nitrogens with two attached hydrogens (primary N) is 1. The quantitative estimate of drug-likeness (QED) is 0.418. The van der Waals surface area contributed by atoms with Gasteiger partial charge in [-0.05, 0) is 37.0 Å². The van der Waals surface area contributed by atoms with Gasteiger partial charge in [0.25, 0.3) is 0 Å². The molecule has 5 nitrogen and oxygen atoms in total. The molecule has 2 rings (SSSR count). The number of nitrogens with zero attached hydrogens (tertiary/aromatic N) is 1. The number of carbonyl (C=O) groups is 1. The zero-order valence-corrected chi connectivity index (χ0v) is 11.9. The van der Waals surface area contributed by atoms with E-state index in [1.807, 2.05) is 12.1 Å². The number of hydrogen-bond donors (Lipinski definition) is 3. The van der Waals surface area contributed by atoms with Crippen molar-refractivity contribution in [3.8, 4) is 0 Å². The molecule has 0 atom stereocenters. The molecule has 1 aromatic rings. The van der Waals surface area contributed by atoms with Crippen molar-refractivity contribution in [1.29, 1.82) is 0 Å². The summed E-state index contributed by atoms with van der Waals surface area (Å²) in [6, 6.07) is 8.09. The number of amides is 1. The molecule has 5 heteroatoms. The lowest BCUT2D eigenvalue weighted by molar-refractivity contribution is -0.122. The minimum Gasteiger partial charge on any atom is -0.370 e. The first kappa shape index (κ1) is 14.4. The Kier molecular flexibility index (Phi) is 4.98. The summed E-state index contributed by atoms with van der Waals surface area (Å²) < 4.78 is 0. The van der Waals surface area contributed by atoms with Crippen molar-refractivity contribution in [3.05, 3.63) is 29.8 Å². The molecule has 108 valence electrons. The molecule has 20 heavy (non-hydrogen) atoms. The number of benzene rings is 1. The number of aryl methyl sites for hydroxylation is 1. The third-order valence-electron chi connectivity index (χ3n) is 3.28. The molecule has 1 fully saturated rings. The van der Waals surface area contributed by atoms with Crippen LogP contribution in [0.25, 0.3) is 0 Å². The van der Waals surface area contributed by atoms with E-state index in [1.165, 1.54) is 5.56 Å². The fourth-order valence-corrected chi connectivity index (χ4v) is 1.86. The van der Waals surface area contributed by atoms with Crippen LogP contribution in [0.2, 0.25) is 0 Å². The lowest BCUT2D eigenvalue weighted by atomic mass is 10.1. The number of nitrogens with one attached hydrogen (secondary N) is 2. The summed E-state index contributed by atoms with van der Waals surface area (Å²) in [5, 5.41) is 5.88. The highest BCUT2D eigenvalue weighted by atomic mass is 16.2. The van der Waals surface area contributed by atoms with Crippen LogP contribution in [0.1, 0.15) is 25.3 Å². The average molecular weight is 274 g/mol. The summed E-state index contributed by atoms with van der Waals surface area (Å²) in [6.07, 6.45) is 3.06. The molecule has 1 saturated carbocycles. The van der Waals surface area contributed by atoms with Gasteiger partial charge in [-0.15, -0.1) is 0 Å². The first-order chi connectivity index (χ1) is 9.69. The first-order valence-corrected chi connectivity index (χ1v) is 7.12. The SMILES string of the molecule is CCc1ccc(NC(N)=NCCNC(=O)C2CC2)cc1. The monoisotopic (exact) mass is 274 g/mol. The van der Waals surface area contributed by atoms with Crippen LogP contribution >= 0.6 is 0 Å². The second-order valence-corrected chi connectivity index (χ2v) is 5.01. The van der Waals surface area contributed by atoms with Gasteiger partial charge in [0.15, 0.2) is 5.96 Å². The zero-order chi connectivity index (χ0) is 14.4. The number of carbonyl (C=O) groups excluding carboxylic acids is 1. The highest BCUT2D eigenvalue weighted by Crippen LogP contribution is 2.28. The van der Waals surface area contributed by atoms with Crippen LogP contribution in [0.4, 0.5) is 5.69 Å². The molecule has 1 amide bonds. The third kappa shape index (κ3) is 4.57. The molecule has 1 aromatic carbocycles. The number of rotatable bonds is 6. The second-order valence-electron chi connectivity index (χ2n) is 5.01. The number of guanidine groups is 1. The first-order valence-electron chi connectivity index (χ1n) is 7.12. The molecule has 0 radical (unpaired) electrons. The van der Waals surface area contributed by atoms with E-state index in [0.29, 0.717) is 19.0 Å². The largest absolute Gasteiger partial charge is 0.370 e. The Bertz CT molecular complexity index is 477. The van der Waals surface area contributed by atoms with Crippen LogP contribution in [0.5, 0.6) is 0 Å². The highest BCUT2D eigenvalue weighted by Gasteiger charge is 2.28. The highest BCUT2D eigenvalue weighted by molar-refractivity contribution is 5.92. The summed E-state index contributed by atoms with van der Waals surface area (Å²) in [4.78, 5) is 15.6. The van der Waals surface area contributed by atoms with Crippen molar-refractivity contribution in [2.24, 2.45) is 16.6 Å². The van der Waals surface area contributed by atoms with Crippen molar-refractivity contribution in [2.45, 2.75) is 26.2 Å². The molecule has 0 unspecified atom stereocenters. The molecule has 0 saturated heterocycles. The number of hydrogen-bond acceptors (Lipinski definition) is 2. The Balaban J connectivity index is 1.70. The van der Waals surface area contributed by atoms with Gasteiger partial charge in [0.1, 0.15) is 0 Å². The molecule has 1 aliphatic carbocycles. The minimum atomic E-state index is 0.141. The van der Waals surface area contributed by atoms with Crippen LogP contribution < -0.4 is 16.4 Å². The van der Waals surface area contributed by atoms with Gasteiger partial charge in [0, 0.05) is 18.2 Å². The standard InChI is InChI=1S/C15H22N4O/c1-2-11-3-7-13(8-4-11)19-15(16)18-10-9-17-14(20)12-5-6-12/h3-4,7-8,12H,2,5-6,9-10H2,1H3,(H,17,20)(H3,16,18,19). The predicted molar refractivity (Wildman–Crippen MR) is 81.7 cm³/mol. The average Bonchev–Trinajstić information content (AvgIpc) is 3.29. The van der Waals surface area contributed by atoms with Crippen LogP contribution in [-0.2, 0) is 11.2 Å². The van der Waals surface area contributed by atoms with Gasteiger partial charge in [0.2, 0.25) is 5.91 Å². The Morgan fingerprint density at radius 3 is 2.65 bits per heavy atom. The van der Waals surface area contributed by atoms with Crippen LogP contribution in [-0.4, -0.2) is 25.0 Å². The molecule has 0 heterocycles. The molecule has 1 aliphatic rings. The minimum absolute atomic E-state index is 0.141. The van der Waals surface area contributed by atoms with Gasteiger partial charge in [-0.1, -0.05) is 19.1 Å². The van der Waals surface area contributed by atoms with Gasteiger partial charge < -0.3 is 16.4 Å². The number of aliphatic imine (C=N–C) groups is 1. The maximum Gasteiger partial charge on any atom is 0.223 e. The van der Waals surface area contributed by atoms with Crippen LogP contribution in [0, 0.1) is 5.92 Å². The van der Waals surface area contributed by atoms with Gasteiger partial charge >= 0.3 is 0 Å².